The minimum absolute atomic E-state index is 0.262. The Morgan fingerprint density at radius 2 is 2.04 bits per heavy atom. The van der Waals surface area contributed by atoms with E-state index in [9.17, 15) is 9.59 Å². The van der Waals surface area contributed by atoms with Gasteiger partial charge in [0.05, 0.1) is 23.1 Å². The van der Waals surface area contributed by atoms with E-state index in [2.05, 4.69) is 26.0 Å². The van der Waals surface area contributed by atoms with Crippen molar-refractivity contribution in [2.45, 2.75) is 39.7 Å². The first-order valence-electron chi connectivity index (χ1n) is 7.91. The number of aromatic nitrogens is 3. The third-order valence-electron chi connectivity index (χ3n) is 3.80. The Balaban J connectivity index is 1.93. The van der Waals surface area contributed by atoms with Crippen LogP contribution in [0.25, 0.3) is 5.69 Å². The van der Waals surface area contributed by atoms with E-state index < -0.39 is 11.7 Å². The van der Waals surface area contributed by atoms with Crippen molar-refractivity contribution >= 4 is 27.9 Å². The van der Waals surface area contributed by atoms with Gasteiger partial charge in [-0.1, -0.05) is 0 Å². The highest BCUT2D eigenvalue weighted by atomic mass is 79.9. The number of carbonyl (C=O) groups is 2. The summed E-state index contributed by atoms with van der Waals surface area (Å²) in [4.78, 5) is 30.3. The van der Waals surface area contributed by atoms with Gasteiger partial charge in [0.1, 0.15) is 10.2 Å². The molecule has 2 aromatic rings. The monoisotopic (exact) mass is 406 g/mol. The lowest BCUT2D eigenvalue weighted by molar-refractivity contribution is 0.0233. The molecule has 7 nitrogen and oxygen atoms in total. The molecule has 0 N–H and O–H groups in total. The predicted octanol–water partition coefficient (Wildman–Crippen LogP) is 3.27. The van der Waals surface area contributed by atoms with Crippen LogP contribution >= 0.6 is 15.9 Å². The fraction of sp³-hybridized carbons (Fsp3) is 0.412. The molecular formula is C17H19BrN4O3. The van der Waals surface area contributed by atoms with Crippen molar-refractivity contribution in [2.75, 3.05) is 6.54 Å². The highest BCUT2D eigenvalue weighted by molar-refractivity contribution is 9.10. The average Bonchev–Trinajstić information content (AvgIpc) is 2.93. The molecule has 0 aliphatic carbocycles. The predicted molar refractivity (Wildman–Crippen MR) is 94.8 cm³/mol. The zero-order chi connectivity index (χ0) is 18.4. The third-order valence-corrected chi connectivity index (χ3v) is 4.23. The third kappa shape index (κ3) is 3.44. The molecule has 132 valence electrons. The van der Waals surface area contributed by atoms with Crippen LogP contribution in [0.3, 0.4) is 0 Å². The smallest absolute Gasteiger partial charge is 0.417 e. The Morgan fingerprint density at radius 3 is 2.72 bits per heavy atom. The molecule has 0 unspecified atom stereocenters. The molecule has 3 heterocycles. The van der Waals surface area contributed by atoms with E-state index >= 15 is 0 Å². The van der Waals surface area contributed by atoms with Gasteiger partial charge in [-0.2, -0.15) is 5.10 Å². The van der Waals surface area contributed by atoms with Crippen molar-refractivity contribution in [3.8, 4) is 5.69 Å². The van der Waals surface area contributed by atoms with Crippen molar-refractivity contribution in [1.82, 2.24) is 19.7 Å². The lowest BCUT2D eigenvalue weighted by atomic mass is 10.1. The Labute approximate surface area is 154 Å². The number of halogens is 1. The number of nitrogens with zero attached hydrogens (tertiary/aromatic N) is 4. The van der Waals surface area contributed by atoms with Crippen molar-refractivity contribution in [3.05, 3.63) is 39.9 Å². The SMILES string of the molecule is Cc1cnc(Br)cc1-n1ncc2c1CCN(C(=O)OC(C)(C)C)C2=O. The van der Waals surface area contributed by atoms with Crippen molar-refractivity contribution in [1.29, 1.82) is 0 Å². The number of ether oxygens (including phenoxy) is 1. The van der Waals surface area contributed by atoms with Gasteiger partial charge in [0, 0.05) is 19.2 Å². The number of carbonyl (C=O) groups excluding carboxylic acids is 2. The second kappa shape index (κ2) is 6.25. The average molecular weight is 407 g/mol. The number of imide groups is 1. The molecule has 2 aromatic heterocycles. The number of fused-ring (bicyclic) bond motifs is 1. The zero-order valence-electron chi connectivity index (χ0n) is 14.5. The molecule has 3 rings (SSSR count). The van der Waals surface area contributed by atoms with Crippen molar-refractivity contribution in [3.63, 3.8) is 0 Å². The second-order valence-electron chi connectivity index (χ2n) is 6.90. The van der Waals surface area contributed by atoms with Crippen LogP contribution in [-0.4, -0.2) is 43.8 Å². The molecule has 0 saturated heterocycles. The van der Waals surface area contributed by atoms with E-state index in [1.807, 2.05) is 13.0 Å². The normalized spacial score (nSPS) is 14.4. The van der Waals surface area contributed by atoms with Crippen LogP contribution in [0.1, 0.15) is 42.4 Å². The molecule has 1 aliphatic heterocycles. The summed E-state index contributed by atoms with van der Waals surface area (Å²) in [5.74, 6) is -0.382. The molecule has 0 spiro atoms. The Morgan fingerprint density at radius 1 is 1.32 bits per heavy atom. The molecular weight excluding hydrogens is 388 g/mol. The lowest BCUT2D eigenvalue weighted by Gasteiger charge is -2.28. The van der Waals surface area contributed by atoms with Gasteiger partial charge in [-0.15, -0.1) is 0 Å². The van der Waals surface area contributed by atoms with E-state index in [4.69, 9.17) is 4.74 Å². The maximum atomic E-state index is 12.7. The lowest BCUT2D eigenvalue weighted by Crippen LogP contribution is -2.44. The Kier molecular flexibility index (Phi) is 4.40. The van der Waals surface area contributed by atoms with Gasteiger partial charge in [0.15, 0.2) is 0 Å². The summed E-state index contributed by atoms with van der Waals surface area (Å²) in [5, 5.41) is 4.36. The molecule has 2 amide bonds. The fourth-order valence-corrected chi connectivity index (χ4v) is 2.99. The highest BCUT2D eigenvalue weighted by Gasteiger charge is 2.34. The van der Waals surface area contributed by atoms with E-state index in [-0.39, 0.29) is 12.5 Å². The van der Waals surface area contributed by atoms with Gasteiger partial charge >= 0.3 is 6.09 Å². The van der Waals surface area contributed by atoms with Gasteiger partial charge in [0.2, 0.25) is 0 Å². The van der Waals surface area contributed by atoms with Gasteiger partial charge < -0.3 is 4.74 Å². The standard InChI is InChI=1S/C17H19BrN4O3/c1-10-8-19-14(18)7-13(10)22-12-5-6-21(15(23)11(12)9-20-22)16(24)25-17(2,3)4/h7-9H,5-6H2,1-4H3. The molecule has 0 radical (unpaired) electrons. The van der Waals surface area contributed by atoms with Gasteiger partial charge in [-0.25, -0.2) is 19.4 Å². The quantitative estimate of drug-likeness (QED) is 0.679. The summed E-state index contributed by atoms with van der Waals surface area (Å²) in [7, 11) is 0. The van der Waals surface area contributed by atoms with E-state index in [1.54, 1.807) is 31.6 Å². The molecule has 0 bridgehead atoms. The molecule has 0 fully saturated rings. The topological polar surface area (TPSA) is 77.3 Å². The maximum Gasteiger partial charge on any atom is 0.417 e. The van der Waals surface area contributed by atoms with Gasteiger partial charge in [-0.05, 0) is 55.3 Å². The summed E-state index contributed by atoms with van der Waals surface area (Å²) in [6.07, 6.45) is 3.13. The Bertz CT molecular complexity index is 854. The van der Waals surface area contributed by atoms with Crippen LogP contribution < -0.4 is 0 Å². The van der Waals surface area contributed by atoms with E-state index in [1.165, 1.54) is 6.20 Å². The van der Waals surface area contributed by atoms with Crippen molar-refractivity contribution < 1.29 is 14.3 Å². The second-order valence-corrected chi connectivity index (χ2v) is 7.71. The summed E-state index contributed by atoms with van der Waals surface area (Å²) in [6.45, 7) is 7.50. The zero-order valence-corrected chi connectivity index (χ0v) is 16.1. The first-order chi connectivity index (χ1) is 11.7. The minimum atomic E-state index is -0.651. The van der Waals surface area contributed by atoms with Crippen LogP contribution in [0.4, 0.5) is 4.79 Å². The molecule has 1 aliphatic rings. The summed E-state index contributed by atoms with van der Waals surface area (Å²) in [6, 6.07) is 1.85. The first kappa shape index (κ1) is 17.6. The van der Waals surface area contributed by atoms with Crippen LogP contribution in [0.2, 0.25) is 0 Å². The first-order valence-corrected chi connectivity index (χ1v) is 8.71. The fourth-order valence-electron chi connectivity index (χ4n) is 2.67. The summed E-state index contributed by atoms with van der Waals surface area (Å²) >= 11 is 3.36. The number of aryl methyl sites for hydroxylation is 1. The number of amides is 2. The van der Waals surface area contributed by atoms with Gasteiger partial charge in [0.25, 0.3) is 5.91 Å². The van der Waals surface area contributed by atoms with Crippen LogP contribution in [-0.2, 0) is 11.2 Å². The van der Waals surface area contributed by atoms with Crippen LogP contribution in [0.15, 0.2) is 23.1 Å². The highest BCUT2D eigenvalue weighted by Crippen LogP contribution is 2.25. The van der Waals surface area contributed by atoms with Crippen LogP contribution in [0.5, 0.6) is 0 Å². The number of rotatable bonds is 1. The molecule has 0 saturated carbocycles. The van der Waals surface area contributed by atoms with E-state index in [0.29, 0.717) is 16.6 Å². The van der Waals surface area contributed by atoms with Crippen LogP contribution in [0, 0.1) is 6.92 Å². The number of pyridine rings is 1. The minimum Gasteiger partial charge on any atom is -0.443 e. The van der Waals surface area contributed by atoms with Crippen molar-refractivity contribution in [2.24, 2.45) is 0 Å². The summed E-state index contributed by atoms with van der Waals surface area (Å²) in [5.41, 5.74) is 2.34. The summed E-state index contributed by atoms with van der Waals surface area (Å²) < 4.78 is 7.74. The maximum absolute atomic E-state index is 12.7. The van der Waals surface area contributed by atoms with Gasteiger partial charge in [-0.3, -0.25) is 4.79 Å². The Hall–Kier alpha value is -2.22. The molecule has 0 atom stereocenters. The molecule has 0 aromatic carbocycles. The molecule has 25 heavy (non-hydrogen) atoms. The number of hydrogen-bond donors (Lipinski definition) is 0. The largest absolute Gasteiger partial charge is 0.443 e. The van der Waals surface area contributed by atoms with E-state index in [0.717, 1.165) is 21.8 Å². The number of hydrogen-bond acceptors (Lipinski definition) is 5. The molecule has 8 heteroatoms.